The first kappa shape index (κ1) is 23.1. The quantitative estimate of drug-likeness (QED) is 0.543. The van der Waals surface area contributed by atoms with Gasteiger partial charge in [-0.05, 0) is 43.5 Å². The monoisotopic (exact) mass is 410 g/mol. The van der Waals surface area contributed by atoms with Gasteiger partial charge in [0.15, 0.2) is 6.17 Å². The Morgan fingerprint density at radius 3 is 2.83 bits per heavy atom. The molecular formula is C23H34N6O. The lowest BCUT2D eigenvalue weighted by atomic mass is 10.1. The van der Waals surface area contributed by atoms with E-state index in [0.29, 0.717) is 11.7 Å². The number of allylic oxidation sites excluding steroid dienone is 3. The van der Waals surface area contributed by atoms with Crippen LogP contribution in [0.2, 0.25) is 0 Å². The van der Waals surface area contributed by atoms with Crippen LogP contribution in [0.4, 0.5) is 5.82 Å². The second kappa shape index (κ2) is 10.5. The van der Waals surface area contributed by atoms with E-state index in [2.05, 4.69) is 40.9 Å². The predicted molar refractivity (Wildman–Crippen MR) is 124 cm³/mol. The van der Waals surface area contributed by atoms with Crippen LogP contribution in [-0.4, -0.2) is 47.5 Å². The molecule has 2 rings (SSSR count). The number of hydrogen-bond donors (Lipinski definition) is 3. The molecule has 0 spiro atoms. The first-order valence-corrected chi connectivity index (χ1v) is 10.2. The van der Waals surface area contributed by atoms with E-state index in [1.807, 2.05) is 50.3 Å². The number of carbonyl (C=O) groups excluding carboxylic acids is 1. The van der Waals surface area contributed by atoms with Gasteiger partial charge in [-0.15, -0.1) is 0 Å². The van der Waals surface area contributed by atoms with E-state index in [-0.39, 0.29) is 5.91 Å². The summed E-state index contributed by atoms with van der Waals surface area (Å²) in [5.41, 5.74) is 9.18. The van der Waals surface area contributed by atoms with Gasteiger partial charge in [0.25, 0.3) is 5.91 Å². The van der Waals surface area contributed by atoms with Gasteiger partial charge in [0.1, 0.15) is 5.82 Å². The van der Waals surface area contributed by atoms with Gasteiger partial charge in [0, 0.05) is 38.6 Å². The minimum atomic E-state index is -0.540. The van der Waals surface area contributed by atoms with Crippen molar-refractivity contribution in [1.82, 2.24) is 25.4 Å². The zero-order valence-corrected chi connectivity index (χ0v) is 18.6. The van der Waals surface area contributed by atoms with Gasteiger partial charge in [-0.2, -0.15) is 0 Å². The lowest BCUT2D eigenvalue weighted by molar-refractivity contribution is -0.124. The van der Waals surface area contributed by atoms with Gasteiger partial charge in [0.05, 0.1) is 17.1 Å². The van der Waals surface area contributed by atoms with Crippen molar-refractivity contribution in [1.29, 1.82) is 0 Å². The van der Waals surface area contributed by atoms with Crippen LogP contribution < -0.4 is 16.4 Å². The highest BCUT2D eigenvalue weighted by Crippen LogP contribution is 2.24. The lowest BCUT2D eigenvalue weighted by Gasteiger charge is -2.27. The number of rotatable bonds is 9. The molecule has 1 aromatic heterocycles. The van der Waals surface area contributed by atoms with Gasteiger partial charge in [-0.1, -0.05) is 26.5 Å². The van der Waals surface area contributed by atoms with E-state index in [9.17, 15) is 4.79 Å². The van der Waals surface area contributed by atoms with Crippen LogP contribution in [0.3, 0.4) is 0 Å². The Hall–Kier alpha value is -3.22. The van der Waals surface area contributed by atoms with Crippen molar-refractivity contribution in [3.63, 3.8) is 0 Å². The molecule has 1 aromatic rings. The molecule has 2 heterocycles. The molecule has 0 aromatic carbocycles. The van der Waals surface area contributed by atoms with Gasteiger partial charge in [-0.3, -0.25) is 4.79 Å². The zero-order chi connectivity index (χ0) is 22.3. The van der Waals surface area contributed by atoms with Crippen molar-refractivity contribution < 1.29 is 4.79 Å². The summed E-state index contributed by atoms with van der Waals surface area (Å²) >= 11 is 0. The molecule has 162 valence electrons. The Kier molecular flexibility index (Phi) is 8.09. The van der Waals surface area contributed by atoms with Gasteiger partial charge in [-0.25, -0.2) is 4.98 Å². The van der Waals surface area contributed by atoms with Crippen molar-refractivity contribution in [2.75, 3.05) is 26.4 Å². The van der Waals surface area contributed by atoms with Gasteiger partial charge in [0.2, 0.25) is 0 Å². The summed E-state index contributed by atoms with van der Waals surface area (Å²) in [7, 11) is 3.89. The molecule has 30 heavy (non-hydrogen) atoms. The standard InChI is InChI=1S/C23H34N6O/c1-7-9-18(19(8-2)28(5)13-11-16(3)4)27-23(30)22-26-15-20(29(22)6)17-10-12-25-21(24)14-17/h7-10,12,14-16,22,26H,2,11,13H2,1,3-6H3,(H2,24,25)(H,27,30)/b9-7-,19-18-. The molecule has 0 radical (unpaired) electrons. The number of carbonyl (C=O) groups is 1. The highest BCUT2D eigenvalue weighted by atomic mass is 16.2. The normalized spacial score (nSPS) is 16.9. The molecule has 7 heteroatoms. The third kappa shape index (κ3) is 5.65. The number of anilines is 1. The fourth-order valence-electron chi connectivity index (χ4n) is 3.26. The highest BCUT2D eigenvalue weighted by molar-refractivity contribution is 5.87. The number of nitrogens with zero attached hydrogens (tertiary/aromatic N) is 3. The highest BCUT2D eigenvalue weighted by Gasteiger charge is 2.30. The molecule has 1 unspecified atom stereocenters. The summed E-state index contributed by atoms with van der Waals surface area (Å²) in [6.07, 6.45) is 9.58. The van der Waals surface area contributed by atoms with Crippen molar-refractivity contribution in [2.45, 2.75) is 33.4 Å². The van der Waals surface area contributed by atoms with Crippen molar-refractivity contribution in [2.24, 2.45) is 5.92 Å². The lowest BCUT2D eigenvalue weighted by Crippen LogP contribution is -2.47. The Morgan fingerprint density at radius 2 is 2.23 bits per heavy atom. The van der Waals surface area contributed by atoms with E-state index in [0.717, 1.165) is 35.6 Å². The first-order chi connectivity index (χ1) is 14.3. The number of amides is 1. The maximum absolute atomic E-state index is 13.1. The maximum atomic E-state index is 13.1. The molecule has 1 amide bonds. The van der Waals surface area contributed by atoms with E-state index in [1.165, 1.54) is 0 Å². The van der Waals surface area contributed by atoms with Crippen LogP contribution in [0.5, 0.6) is 0 Å². The zero-order valence-electron chi connectivity index (χ0n) is 18.6. The Morgan fingerprint density at radius 1 is 1.50 bits per heavy atom. The van der Waals surface area contributed by atoms with Crippen LogP contribution >= 0.6 is 0 Å². The molecule has 4 N–H and O–H groups in total. The Bertz CT molecular complexity index is 855. The van der Waals surface area contributed by atoms with E-state index < -0.39 is 6.17 Å². The Balaban J connectivity index is 2.18. The first-order valence-electron chi connectivity index (χ1n) is 10.2. The number of likely N-dealkylation sites (N-methyl/N-ethyl adjacent to an activating group) is 2. The SMILES string of the molecule is C=C/C(=C(\C=C/C)NC(=O)C1NC=C(c2ccnc(N)c2)N1C)N(C)CCC(C)C. The molecule has 1 aliphatic rings. The van der Waals surface area contributed by atoms with Gasteiger partial charge < -0.3 is 26.2 Å². The number of aromatic nitrogens is 1. The van der Waals surface area contributed by atoms with Crippen LogP contribution in [0.25, 0.3) is 5.70 Å². The smallest absolute Gasteiger partial charge is 0.267 e. The minimum Gasteiger partial charge on any atom is -0.384 e. The third-order valence-electron chi connectivity index (χ3n) is 4.98. The van der Waals surface area contributed by atoms with Gasteiger partial charge >= 0.3 is 0 Å². The summed E-state index contributed by atoms with van der Waals surface area (Å²) in [6.45, 7) is 11.2. The second-order valence-electron chi connectivity index (χ2n) is 7.78. The van der Waals surface area contributed by atoms with Crippen molar-refractivity contribution >= 4 is 17.4 Å². The molecule has 0 aliphatic carbocycles. The fourth-order valence-corrected chi connectivity index (χ4v) is 3.26. The molecule has 0 saturated heterocycles. The number of pyridine rings is 1. The predicted octanol–water partition coefficient (Wildman–Crippen LogP) is 2.89. The number of nitrogen functional groups attached to an aromatic ring is 1. The number of nitrogens with one attached hydrogen (secondary N) is 2. The van der Waals surface area contributed by atoms with Crippen LogP contribution in [0, 0.1) is 5.92 Å². The largest absolute Gasteiger partial charge is 0.384 e. The summed E-state index contributed by atoms with van der Waals surface area (Å²) in [5.74, 6) is 0.880. The molecule has 7 nitrogen and oxygen atoms in total. The van der Waals surface area contributed by atoms with E-state index >= 15 is 0 Å². The number of nitrogens with two attached hydrogens (primary N) is 1. The molecule has 1 aliphatic heterocycles. The third-order valence-corrected chi connectivity index (χ3v) is 4.98. The fraction of sp³-hybridized carbons (Fsp3) is 0.391. The molecule has 0 saturated carbocycles. The van der Waals surface area contributed by atoms with E-state index in [1.54, 1.807) is 18.3 Å². The second-order valence-corrected chi connectivity index (χ2v) is 7.78. The van der Waals surface area contributed by atoms with E-state index in [4.69, 9.17) is 5.73 Å². The van der Waals surface area contributed by atoms with Crippen molar-refractivity contribution in [3.05, 3.63) is 66.3 Å². The average Bonchev–Trinajstić information content (AvgIpc) is 3.08. The number of hydrogen-bond acceptors (Lipinski definition) is 6. The summed E-state index contributed by atoms with van der Waals surface area (Å²) in [5, 5.41) is 6.21. The van der Waals surface area contributed by atoms with Crippen LogP contribution in [0.1, 0.15) is 32.8 Å². The summed E-state index contributed by atoms with van der Waals surface area (Å²) < 4.78 is 0. The maximum Gasteiger partial charge on any atom is 0.267 e. The molecular weight excluding hydrogens is 376 g/mol. The summed E-state index contributed by atoms with van der Waals surface area (Å²) in [4.78, 5) is 21.1. The van der Waals surface area contributed by atoms with Crippen LogP contribution in [-0.2, 0) is 4.79 Å². The summed E-state index contributed by atoms with van der Waals surface area (Å²) in [6, 6.07) is 3.65. The topological polar surface area (TPSA) is 86.5 Å². The molecule has 0 bridgehead atoms. The Labute approximate surface area is 180 Å². The van der Waals surface area contributed by atoms with Crippen molar-refractivity contribution in [3.8, 4) is 0 Å². The minimum absolute atomic E-state index is 0.157. The molecule has 1 atom stereocenters. The average molecular weight is 411 g/mol. The molecule has 0 fully saturated rings. The van der Waals surface area contributed by atoms with Crippen LogP contribution in [0.15, 0.2) is 60.7 Å².